The molecule has 1 aliphatic rings. The molecule has 100 valence electrons. The fourth-order valence-corrected chi connectivity index (χ4v) is 3.66. The molecular weight excluding hydrogens is 373 g/mol. The van der Waals surface area contributed by atoms with Gasteiger partial charge in [0, 0.05) is 28.0 Å². The minimum absolute atomic E-state index is 0.239. The van der Waals surface area contributed by atoms with Crippen LogP contribution in [0.5, 0.6) is 11.5 Å². The van der Waals surface area contributed by atoms with Crippen LogP contribution in [0.15, 0.2) is 22.7 Å². The van der Waals surface area contributed by atoms with Crippen molar-refractivity contribution < 1.29 is 9.47 Å². The SMILES string of the molecule is Clc1cc2c(cc1NCc1cc(Br)c(Cl)s1)OCO2. The summed E-state index contributed by atoms with van der Waals surface area (Å²) in [5.74, 6) is 1.38. The van der Waals surface area contributed by atoms with Gasteiger partial charge in [-0.1, -0.05) is 23.2 Å². The molecule has 0 atom stereocenters. The minimum Gasteiger partial charge on any atom is -0.454 e. The van der Waals surface area contributed by atoms with Crippen LogP contribution in [0.2, 0.25) is 9.36 Å². The summed E-state index contributed by atoms with van der Waals surface area (Å²) in [6, 6.07) is 5.58. The summed E-state index contributed by atoms with van der Waals surface area (Å²) < 4.78 is 12.2. The Kier molecular flexibility index (Phi) is 3.80. The van der Waals surface area contributed by atoms with E-state index in [1.807, 2.05) is 12.1 Å². The Hall–Kier alpha value is -0.620. The van der Waals surface area contributed by atoms with Crippen molar-refractivity contribution in [3.05, 3.63) is 36.9 Å². The van der Waals surface area contributed by atoms with Crippen molar-refractivity contribution in [1.82, 2.24) is 0 Å². The molecule has 19 heavy (non-hydrogen) atoms. The summed E-state index contributed by atoms with van der Waals surface area (Å²) in [7, 11) is 0. The number of halogens is 3. The fraction of sp³-hybridized carbons (Fsp3) is 0.167. The van der Waals surface area contributed by atoms with Crippen LogP contribution in [0, 0.1) is 0 Å². The van der Waals surface area contributed by atoms with Crippen LogP contribution in [-0.2, 0) is 6.54 Å². The number of anilines is 1. The van der Waals surface area contributed by atoms with Gasteiger partial charge in [-0.2, -0.15) is 0 Å². The molecular formula is C12H8BrCl2NO2S. The van der Waals surface area contributed by atoms with Crippen molar-refractivity contribution in [1.29, 1.82) is 0 Å². The molecule has 2 heterocycles. The normalized spacial score (nSPS) is 12.8. The van der Waals surface area contributed by atoms with E-state index in [-0.39, 0.29) is 6.79 Å². The lowest BCUT2D eigenvalue weighted by atomic mass is 10.2. The second-order valence-electron chi connectivity index (χ2n) is 3.87. The maximum absolute atomic E-state index is 6.18. The monoisotopic (exact) mass is 379 g/mol. The van der Waals surface area contributed by atoms with E-state index >= 15 is 0 Å². The van der Waals surface area contributed by atoms with Crippen LogP contribution in [0.3, 0.4) is 0 Å². The van der Waals surface area contributed by atoms with E-state index in [0.717, 1.165) is 19.4 Å². The van der Waals surface area contributed by atoms with Gasteiger partial charge in [-0.3, -0.25) is 0 Å². The zero-order valence-corrected chi connectivity index (χ0v) is 13.4. The van der Waals surface area contributed by atoms with Gasteiger partial charge in [-0.05, 0) is 22.0 Å². The smallest absolute Gasteiger partial charge is 0.231 e. The van der Waals surface area contributed by atoms with E-state index in [0.29, 0.717) is 23.1 Å². The van der Waals surface area contributed by atoms with E-state index < -0.39 is 0 Å². The lowest BCUT2D eigenvalue weighted by Crippen LogP contribution is -1.98. The van der Waals surface area contributed by atoms with Crippen LogP contribution in [0.1, 0.15) is 4.88 Å². The van der Waals surface area contributed by atoms with Crippen molar-refractivity contribution >= 4 is 56.2 Å². The number of nitrogens with one attached hydrogen (secondary N) is 1. The molecule has 0 spiro atoms. The Morgan fingerprint density at radius 2 is 1.95 bits per heavy atom. The first-order valence-electron chi connectivity index (χ1n) is 5.40. The van der Waals surface area contributed by atoms with Gasteiger partial charge in [-0.15, -0.1) is 11.3 Å². The number of hydrogen-bond acceptors (Lipinski definition) is 4. The van der Waals surface area contributed by atoms with Gasteiger partial charge in [0.05, 0.1) is 10.7 Å². The second-order valence-corrected chi connectivity index (χ2v) is 6.87. The van der Waals surface area contributed by atoms with Gasteiger partial charge in [0.25, 0.3) is 0 Å². The highest BCUT2D eigenvalue weighted by Gasteiger charge is 2.16. The fourth-order valence-electron chi connectivity index (χ4n) is 1.71. The molecule has 0 saturated heterocycles. The number of fused-ring (bicyclic) bond motifs is 1. The van der Waals surface area contributed by atoms with Gasteiger partial charge in [0.15, 0.2) is 11.5 Å². The number of hydrogen-bond donors (Lipinski definition) is 1. The average molecular weight is 381 g/mol. The first kappa shape index (κ1) is 13.4. The van der Waals surface area contributed by atoms with E-state index in [2.05, 4.69) is 21.2 Å². The van der Waals surface area contributed by atoms with Gasteiger partial charge in [0.2, 0.25) is 6.79 Å². The summed E-state index contributed by atoms with van der Waals surface area (Å²) >= 11 is 17.1. The van der Waals surface area contributed by atoms with E-state index in [1.54, 1.807) is 6.07 Å². The third kappa shape index (κ3) is 2.79. The van der Waals surface area contributed by atoms with Crippen molar-refractivity contribution in [3.63, 3.8) is 0 Å². The van der Waals surface area contributed by atoms with Gasteiger partial charge in [-0.25, -0.2) is 0 Å². The number of rotatable bonds is 3. The third-order valence-corrected chi connectivity index (χ3v) is 5.40. The first-order valence-corrected chi connectivity index (χ1v) is 7.77. The number of benzene rings is 1. The molecule has 7 heteroatoms. The standard InChI is InChI=1S/C12H8BrCl2NO2S/c13-7-1-6(19-12(7)15)4-16-9-3-11-10(2-8(9)14)17-5-18-11/h1-3,16H,4-5H2. The van der Waals surface area contributed by atoms with Gasteiger partial charge < -0.3 is 14.8 Å². The molecule has 3 rings (SSSR count). The van der Waals surface area contributed by atoms with Crippen molar-refractivity contribution in [2.24, 2.45) is 0 Å². The molecule has 0 saturated carbocycles. The average Bonchev–Trinajstić information content (AvgIpc) is 2.93. The van der Waals surface area contributed by atoms with Crippen LogP contribution in [-0.4, -0.2) is 6.79 Å². The Morgan fingerprint density at radius 3 is 2.63 bits per heavy atom. The summed E-state index contributed by atoms with van der Waals surface area (Å²) in [4.78, 5) is 1.12. The summed E-state index contributed by atoms with van der Waals surface area (Å²) in [5.41, 5.74) is 0.812. The lowest BCUT2D eigenvalue weighted by molar-refractivity contribution is 0.174. The van der Waals surface area contributed by atoms with Crippen molar-refractivity contribution in [2.75, 3.05) is 12.1 Å². The molecule has 0 bridgehead atoms. The Bertz CT molecular complexity index is 613. The molecule has 1 aliphatic heterocycles. The zero-order chi connectivity index (χ0) is 13.4. The Balaban J connectivity index is 1.76. The molecule has 0 radical (unpaired) electrons. The van der Waals surface area contributed by atoms with Crippen LogP contribution in [0.4, 0.5) is 5.69 Å². The molecule has 3 nitrogen and oxygen atoms in total. The summed E-state index contributed by atoms with van der Waals surface area (Å²) in [6.45, 7) is 0.887. The maximum Gasteiger partial charge on any atom is 0.231 e. The lowest BCUT2D eigenvalue weighted by Gasteiger charge is -2.08. The van der Waals surface area contributed by atoms with Crippen LogP contribution in [0.25, 0.3) is 0 Å². The predicted octanol–water partition coefficient (Wildman–Crippen LogP) is 5.16. The Morgan fingerprint density at radius 1 is 1.21 bits per heavy atom. The van der Waals surface area contributed by atoms with E-state index in [9.17, 15) is 0 Å². The quantitative estimate of drug-likeness (QED) is 0.797. The van der Waals surface area contributed by atoms with Gasteiger partial charge in [0.1, 0.15) is 4.34 Å². The van der Waals surface area contributed by atoms with Crippen LogP contribution < -0.4 is 14.8 Å². The molecule has 0 fully saturated rings. The second kappa shape index (κ2) is 5.40. The van der Waals surface area contributed by atoms with Crippen LogP contribution >= 0.6 is 50.5 Å². The van der Waals surface area contributed by atoms with E-state index in [4.69, 9.17) is 32.7 Å². The summed E-state index contributed by atoms with van der Waals surface area (Å²) in [6.07, 6.45) is 0. The predicted molar refractivity (Wildman–Crippen MR) is 81.9 cm³/mol. The molecule has 1 aromatic heterocycles. The Labute approximate surface area is 132 Å². The highest BCUT2D eigenvalue weighted by molar-refractivity contribution is 9.10. The maximum atomic E-state index is 6.18. The third-order valence-electron chi connectivity index (χ3n) is 2.61. The van der Waals surface area contributed by atoms with Crippen molar-refractivity contribution in [3.8, 4) is 11.5 Å². The highest BCUT2D eigenvalue weighted by atomic mass is 79.9. The summed E-state index contributed by atoms with van der Waals surface area (Å²) in [5, 5.41) is 3.87. The zero-order valence-electron chi connectivity index (χ0n) is 9.50. The molecule has 0 amide bonds. The molecule has 0 unspecified atom stereocenters. The number of ether oxygens (including phenoxy) is 2. The molecule has 1 aromatic carbocycles. The largest absolute Gasteiger partial charge is 0.454 e. The minimum atomic E-state index is 0.239. The highest BCUT2D eigenvalue weighted by Crippen LogP contribution is 2.39. The first-order chi connectivity index (χ1) is 9.13. The van der Waals surface area contributed by atoms with E-state index in [1.165, 1.54) is 11.3 Å². The number of thiophene rings is 1. The topological polar surface area (TPSA) is 30.5 Å². The van der Waals surface area contributed by atoms with Crippen molar-refractivity contribution in [2.45, 2.75) is 6.54 Å². The molecule has 2 aromatic rings. The van der Waals surface area contributed by atoms with Gasteiger partial charge >= 0.3 is 0 Å². The molecule has 0 aliphatic carbocycles. The molecule has 1 N–H and O–H groups in total.